The van der Waals surface area contributed by atoms with Gasteiger partial charge in [0.25, 0.3) is 0 Å². The Morgan fingerprint density at radius 2 is 2.17 bits per heavy atom. The third-order valence-corrected chi connectivity index (χ3v) is 3.10. The molecule has 0 aromatic carbocycles. The molecule has 96 valence electrons. The Labute approximate surface area is 105 Å². The summed E-state index contributed by atoms with van der Waals surface area (Å²) in [6, 6.07) is 3.44. The molecule has 2 aromatic rings. The Balaban J connectivity index is 2.79. The molecule has 0 unspecified atom stereocenters. The molecule has 0 aliphatic rings. The van der Waals surface area contributed by atoms with Gasteiger partial charge in [-0.1, -0.05) is 0 Å². The zero-order valence-electron chi connectivity index (χ0n) is 10.8. The van der Waals surface area contributed by atoms with Crippen molar-refractivity contribution in [3.8, 4) is 0 Å². The molecule has 0 bridgehead atoms. The fourth-order valence-corrected chi connectivity index (χ4v) is 2.17. The number of rotatable bonds is 3. The first-order chi connectivity index (χ1) is 8.41. The van der Waals surface area contributed by atoms with Gasteiger partial charge in [0, 0.05) is 17.8 Å². The number of imidazole rings is 1. The van der Waals surface area contributed by atoms with E-state index in [1.54, 1.807) is 19.1 Å². The highest BCUT2D eigenvalue weighted by molar-refractivity contribution is 5.94. The van der Waals surface area contributed by atoms with Crippen molar-refractivity contribution >= 4 is 11.6 Å². The van der Waals surface area contributed by atoms with Crippen molar-refractivity contribution in [3.63, 3.8) is 0 Å². The Morgan fingerprint density at radius 3 is 2.72 bits per heavy atom. The number of nitrogens with two attached hydrogens (primary N) is 1. The quantitative estimate of drug-likeness (QED) is 0.848. The van der Waals surface area contributed by atoms with Crippen LogP contribution in [0, 0.1) is 13.8 Å². The van der Waals surface area contributed by atoms with Crippen LogP contribution in [0.25, 0.3) is 5.65 Å². The number of aromatic nitrogens is 2. The lowest BCUT2D eigenvalue weighted by Gasteiger charge is -2.13. The van der Waals surface area contributed by atoms with Crippen LogP contribution in [-0.4, -0.2) is 26.5 Å². The Morgan fingerprint density at radius 1 is 1.50 bits per heavy atom. The SMILES string of the molecule is Cc1nc2ccc(C(N)=O)c(C[C@H](C)O)n2c1C. The molecule has 2 heterocycles. The second kappa shape index (κ2) is 4.42. The number of pyridine rings is 1. The molecule has 0 fully saturated rings. The normalized spacial score (nSPS) is 12.9. The van der Waals surface area contributed by atoms with Crippen LogP contribution in [0.1, 0.15) is 34.4 Å². The number of fused-ring (bicyclic) bond motifs is 1. The molecule has 0 saturated heterocycles. The van der Waals surface area contributed by atoms with Gasteiger partial charge in [-0.15, -0.1) is 0 Å². The fourth-order valence-electron chi connectivity index (χ4n) is 2.17. The maximum Gasteiger partial charge on any atom is 0.250 e. The van der Waals surface area contributed by atoms with E-state index in [1.165, 1.54) is 0 Å². The number of carbonyl (C=O) groups is 1. The fraction of sp³-hybridized carbons (Fsp3) is 0.385. The molecule has 5 heteroatoms. The summed E-state index contributed by atoms with van der Waals surface area (Å²) in [5.41, 5.74) is 9.17. The molecule has 2 aromatic heterocycles. The minimum absolute atomic E-state index is 0.367. The number of nitrogens with zero attached hydrogens (tertiary/aromatic N) is 2. The molecule has 2 rings (SSSR count). The third-order valence-electron chi connectivity index (χ3n) is 3.10. The van der Waals surface area contributed by atoms with Crippen molar-refractivity contribution in [2.75, 3.05) is 0 Å². The molecule has 0 saturated carbocycles. The van der Waals surface area contributed by atoms with Crippen molar-refractivity contribution in [2.24, 2.45) is 5.73 Å². The summed E-state index contributed by atoms with van der Waals surface area (Å²) in [7, 11) is 0. The number of hydrogen-bond donors (Lipinski definition) is 2. The standard InChI is InChI=1S/C13H17N3O2/c1-7(17)6-11-10(13(14)18)4-5-12-15-8(2)9(3)16(11)12/h4-5,7,17H,6H2,1-3H3,(H2,14,18)/t7-/m0/s1. The summed E-state index contributed by atoms with van der Waals surface area (Å²) in [5.74, 6) is -0.488. The van der Waals surface area contributed by atoms with Gasteiger partial charge in [0.05, 0.1) is 17.4 Å². The summed E-state index contributed by atoms with van der Waals surface area (Å²) in [4.78, 5) is 15.9. The molecule has 18 heavy (non-hydrogen) atoms. The predicted octanol–water partition coefficient (Wildman–Crippen LogP) is 0.973. The maximum atomic E-state index is 11.5. The van der Waals surface area contributed by atoms with Crippen LogP contribution in [0.2, 0.25) is 0 Å². The van der Waals surface area contributed by atoms with Gasteiger partial charge in [0.1, 0.15) is 5.65 Å². The molecule has 0 radical (unpaired) electrons. The van der Waals surface area contributed by atoms with E-state index in [9.17, 15) is 9.90 Å². The van der Waals surface area contributed by atoms with Crippen LogP contribution < -0.4 is 5.73 Å². The number of aliphatic hydroxyl groups is 1. The van der Waals surface area contributed by atoms with Gasteiger partial charge in [-0.3, -0.25) is 4.79 Å². The summed E-state index contributed by atoms with van der Waals surface area (Å²) in [6.45, 7) is 5.53. The highest BCUT2D eigenvalue weighted by Crippen LogP contribution is 2.19. The number of primary amides is 1. The van der Waals surface area contributed by atoms with Crippen LogP contribution in [0.15, 0.2) is 12.1 Å². The van der Waals surface area contributed by atoms with Gasteiger partial charge in [0.15, 0.2) is 0 Å². The first kappa shape index (κ1) is 12.6. The summed E-state index contributed by atoms with van der Waals surface area (Å²) < 4.78 is 1.89. The van der Waals surface area contributed by atoms with Crippen LogP contribution in [0.5, 0.6) is 0 Å². The van der Waals surface area contributed by atoms with Gasteiger partial charge >= 0.3 is 0 Å². The van der Waals surface area contributed by atoms with E-state index < -0.39 is 12.0 Å². The van der Waals surface area contributed by atoms with Crippen molar-refractivity contribution in [3.05, 3.63) is 34.8 Å². The van der Waals surface area contributed by atoms with Crippen LogP contribution in [0.3, 0.4) is 0 Å². The topological polar surface area (TPSA) is 80.6 Å². The molecule has 5 nitrogen and oxygen atoms in total. The van der Waals surface area contributed by atoms with E-state index in [0.29, 0.717) is 17.7 Å². The molecule has 1 atom stereocenters. The largest absolute Gasteiger partial charge is 0.393 e. The van der Waals surface area contributed by atoms with Gasteiger partial charge in [-0.25, -0.2) is 4.98 Å². The zero-order chi connectivity index (χ0) is 13.4. The van der Waals surface area contributed by atoms with Gasteiger partial charge in [0.2, 0.25) is 5.91 Å². The zero-order valence-corrected chi connectivity index (χ0v) is 10.8. The van der Waals surface area contributed by atoms with Crippen molar-refractivity contribution in [1.29, 1.82) is 0 Å². The summed E-state index contributed by atoms with van der Waals surface area (Å²) >= 11 is 0. The maximum absolute atomic E-state index is 11.5. The number of aryl methyl sites for hydroxylation is 2. The number of hydrogen-bond acceptors (Lipinski definition) is 3. The average Bonchev–Trinajstić information content (AvgIpc) is 2.54. The van der Waals surface area contributed by atoms with E-state index in [-0.39, 0.29) is 0 Å². The average molecular weight is 247 g/mol. The van der Waals surface area contributed by atoms with Crippen molar-refractivity contribution in [2.45, 2.75) is 33.3 Å². The molecular formula is C13H17N3O2. The number of carbonyl (C=O) groups excluding carboxylic acids is 1. The Hall–Kier alpha value is -1.88. The van der Waals surface area contributed by atoms with Crippen LogP contribution in [0.4, 0.5) is 0 Å². The van der Waals surface area contributed by atoms with E-state index in [4.69, 9.17) is 5.73 Å². The summed E-state index contributed by atoms with van der Waals surface area (Å²) in [6.07, 6.45) is -0.178. The second-order valence-corrected chi connectivity index (χ2v) is 4.59. The molecule has 1 amide bonds. The molecule has 0 aliphatic heterocycles. The molecular weight excluding hydrogens is 230 g/mol. The van der Waals surface area contributed by atoms with Gasteiger partial charge < -0.3 is 15.2 Å². The molecule has 0 spiro atoms. The minimum Gasteiger partial charge on any atom is -0.393 e. The van der Waals surface area contributed by atoms with Crippen molar-refractivity contribution < 1.29 is 9.90 Å². The number of aliphatic hydroxyl groups excluding tert-OH is 1. The van der Waals surface area contributed by atoms with Crippen LogP contribution in [-0.2, 0) is 6.42 Å². The van der Waals surface area contributed by atoms with Gasteiger partial charge in [-0.2, -0.15) is 0 Å². The van der Waals surface area contributed by atoms with E-state index >= 15 is 0 Å². The number of amides is 1. The molecule has 3 N–H and O–H groups in total. The Kier molecular flexibility index (Phi) is 3.09. The van der Waals surface area contributed by atoms with Crippen molar-refractivity contribution in [1.82, 2.24) is 9.38 Å². The molecule has 0 aliphatic carbocycles. The van der Waals surface area contributed by atoms with Gasteiger partial charge in [-0.05, 0) is 32.9 Å². The lowest BCUT2D eigenvalue weighted by atomic mass is 10.1. The lowest BCUT2D eigenvalue weighted by Crippen LogP contribution is -2.19. The first-order valence-electron chi connectivity index (χ1n) is 5.87. The minimum atomic E-state index is -0.546. The second-order valence-electron chi connectivity index (χ2n) is 4.59. The highest BCUT2D eigenvalue weighted by atomic mass is 16.3. The highest BCUT2D eigenvalue weighted by Gasteiger charge is 2.17. The smallest absolute Gasteiger partial charge is 0.250 e. The lowest BCUT2D eigenvalue weighted by molar-refractivity contribution is 0.0998. The van der Waals surface area contributed by atoms with E-state index in [2.05, 4.69) is 4.98 Å². The van der Waals surface area contributed by atoms with E-state index in [1.807, 2.05) is 18.2 Å². The predicted molar refractivity (Wildman–Crippen MR) is 68.6 cm³/mol. The Bertz CT molecular complexity index is 614. The third kappa shape index (κ3) is 1.97. The van der Waals surface area contributed by atoms with Crippen LogP contribution >= 0.6 is 0 Å². The monoisotopic (exact) mass is 247 g/mol. The summed E-state index contributed by atoms with van der Waals surface area (Å²) in [5, 5.41) is 9.58. The van der Waals surface area contributed by atoms with E-state index in [0.717, 1.165) is 17.0 Å². The first-order valence-corrected chi connectivity index (χ1v) is 5.87.